The van der Waals surface area contributed by atoms with E-state index in [9.17, 15) is 8.42 Å². The van der Waals surface area contributed by atoms with Crippen molar-refractivity contribution in [1.29, 1.82) is 0 Å². The summed E-state index contributed by atoms with van der Waals surface area (Å²) in [7, 11) is -2.96. The van der Waals surface area contributed by atoms with Gasteiger partial charge in [-0.3, -0.25) is 0 Å². The van der Waals surface area contributed by atoms with Crippen molar-refractivity contribution in [2.24, 2.45) is 0 Å². The van der Waals surface area contributed by atoms with Gasteiger partial charge in [0.15, 0.2) is 15.7 Å². The summed E-state index contributed by atoms with van der Waals surface area (Å²) in [5.41, 5.74) is 7.12. The lowest BCUT2D eigenvalue weighted by Gasteiger charge is -2.10. The van der Waals surface area contributed by atoms with Crippen LogP contribution in [0.2, 0.25) is 0 Å². The highest BCUT2D eigenvalue weighted by Crippen LogP contribution is 2.27. The molecule has 1 aromatic carbocycles. The van der Waals surface area contributed by atoms with Gasteiger partial charge in [-0.25, -0.2) is 13.1 Å². The molecule has 1 aliphatic heterocycles. The van der Waals surface area contributed by atoms with E-state index >= 15 is 0 Å². The number of nitrogens with two attached hydrogens (primary N) is 1. The van der Waals surface area contributed by atoms with Crippen LogP contribution in [0.4, 0.5) is 5.69 Å². The molecular weight excluding hydrogens is 266 g/mol. The third kappa shape index (κ3) is 2.30. The molecule has 7 nitrogen and oxygen atoms in total. The van der Waals surface area contributed by atoms with Gasteiger partial charge in [-0.15, -0.1) is 5.10 Å². The molecule has 1 unspecified atom stereocenters. The largest absolute Gasteiger partial charge is 0.399 e. The Morgan fingerprint density at radius 1 is 1.26 bits per heavy atom. The predicted molar refractivity (Wildman–Crippen MR) is 70.0 cm³/mol. The van der Waals surface area contributed by atoms with Crippen LogP contribution in [0.15, 0.2) is 24.3 Å². The fraction of sp³-hybridized carbons (Fsp3) is 0.364. The molecule has 2 aromatic rings. The lowest BCUT2D eigenvalue weighted by molar-refractivity contribution is 0.489. The molecule has 0 radical (unpaired) electrons. The number of rotatable bonds is 2. The number of benzene rings is 1. The van der Waals surface area contributed by atoms with Crippen LogP contribution in [0, 0.1) is 0 Å². The van der Waals surface area contributed by atoms with Gasteiger partial charge in [0.1, 0.15) is 0 Å². The zero-order valence-corrected chi connectivity index (χ0v) is 10.9. The van der Waals surface area contributed by atoms with Crippen molar-refractivity contribution in [2.75, 3.05) is 17.2 Å². The van der Waals surface area contributed by atoms with E-state index < -0.39 is 9.84 Å². The van der Waals surface area contributed by atoms with E-state index in [-0.39, 0.29) is 17.5 Å². The minimum absolute atomic E-state index is 0.0972. The first kappa shape index (κ1) is 12.1. The fourth-order valence-corrected chi connectivity index (χ4v) is 3.92. The van der Waals surface area contributed by atoms with Crippen molar-refractivity contribution in [2.45, 2.75) is 12.5 Å². The topological polar surface area (TPSA) is 104 Å². The van der Waals surface area contributed by atoms with Crippen LogP contribution in [0.5, 0.6) is 0 Å². The molecule has 3 rings (SSSR count). The summed E-state index contributed by atoms with van der Waals surface area (Å²) in [6, 6.07) is 6.98. The van der Waals surface area contributed by atoms with Crippen LogP contribution in [0.25, 0.3) is 11.4 Å². The van der Waals surface area contributed by atoms with E-state index in [4.69, 9.17) is 5.73 Å². The summed E-state index contributed by atoms with van der Waals surface area (Å²) in [6.07, 6.45) is 0.551. The number of tetrazole rings is 1. The molecule has 0 saturated carbocycles. The summed E-state index contributed by atoms with van der Waals surface area (Å²) < 4.78 is 24.7. The van der Waals surface area contributed by atoms with Gasteiger partial charge < -0.3 is 5.73 Å². The number of hydrogen-bond donors (Lipinski definition) is 1. The summed E-state index contributed by atoms with van der Waals surface area (Å²) in [5.74, 6) is 0.862. The number of sulfone groups is 1. The molecule has 1 aromatic heterocycles. The van der Waals surface area contributed by atoms with E-state index in [1.54, 1.807) is 16.8 Å². The molecular formula is C11H13N5O2S. The average molecular weight is 279 g/mol. The SMILES string of the molecule is Nc1ccc(-c2nnnn2C2CCS(=O)(=O)C2)cc1. The minimum atomic E-state index is -2.96. The number of nitrogen functional groups attached to an aromatic ring is 1. The summed E-state index contributed by atoms with van der Waals surface area (Å²) in [4.78, 5) is 0. The second-order valence-electron chi connectivity index (χ2n) is 4.63. The monoisotopic (exact) mass is 279 g/mol. The highest BCUT2D eigenvalue weighted by atomic mass is 32.2. The standard InChI is InChI=1S/C11H13N5O2S/c12-9-3-1-8(2-4-9)11-13-14-15-16(11)10-5-6-19(17,18)7-10/h1-4,10H,5-7,12H2. The molecule has 2 N–H and O–H groups in total. The Hall–Kier alpha value is -1.96. The van der Waals surface area contributed by atoms with Crippen LogP contribution in [-0.4, -0.2) is 40.1 Å². The number of aromatic nitrogens is 4. The summed E-state index contributed by atoms with van der Waals surface area (Å²) in [5, 5.41) is 11.5. The molecule has 0 spiro atoms. The van der Waals surface area contributed by atoms with E-state index in [1.807, 2.05) is 12.1 Å². The predicted octanol–water partition coefficient (Wildman–Crippen LogP) is 0.282. The lowest BCUT2D eigenvalue weighted by Crippen LogP contribution is -2.14. The van der Waals surface area contributed by atoms with Crippen LogP contribution in [-0.2, 0) is 9.84 Å². The number of hydrogen-bond acceptors (Lipinski definition) is 6. The van der Waals surface area contributed by atoms with Gasteiger partial charge in [0, 0.05) is 11.3 Å². The van der Waals surface area contributed by atoms with Crippen molar-refractivity contribution in [3.63, 3.8) is 0 Å². The fourth-order valence-electron chi connectivity index (χ4n) is 2.23. The average Bonchev–Trinajstić information content (AvgIpc) is 2.96. The van der Waals surface area contributed by atoms with Gasteiger partial charge >= 0.3 is 0 Å². The van der Waals surface area contributed by atoms with Gasteiger partial charge in [0.05, 0.1) is 17.5 Å². The third-order valence-electron chi connectivity index (χ3n) is 3.22. The third-order valence-corrected chi connectivity index (χ3v) is 4.97. The van der Waals surface area contributed by atoms with Crippen LogP contribution in [0.3, 0.4) is 0 Å². The van der Waals surface area contributed by atoms with Crippen molar-refractivity contribution >= 4 is 15.5 Å². The Bertz CT molecular complexity index is 692. The molecule has 1 atom stereocenters. The van der Waals surface area contributed by atoms with Gasteiger partial charge in [-0.05, 0) is 41.1 Å². The van der Waals surface area contributed by atoms with Crippen LogP contribution >= 0.6 is 0 Å². The first-order valence-corrected chi connectivity index (χ1v) is 7.71. The molecule has 100 valence electrons. The summed E-state index contributed by atoms with van der Waals surface area (Å²) in [6.45, 7) is 0. The quantitative estimate of drug-likeness (QED) is 0.792. The number of nitrogens with zero attached hydrogens (tertiary/aromatic N) is 4. The van der Waals surface area contributed by atoms with Crippen molar-refractivity contribution in [3.05, 3.63) is 24.3 Å². The Morgan fingerprint density at radius 3 is 2.63 bits per heavy atom. The van der Waals surface area contributed by atoms with Gasteiger partial charge in [0.25, 0.3) is 0 Å². The molecule has 0 aliphatic carbocycles. The molecule has 1 fully saturated rings. The number of anilines is 1. The highest BCUT2D eigenvalue weighted by Gasteiger charge is 2.31. The normalized spacial score (nSPS) is 21.6. The molecule has 2 heterocycles. The van der Waals surface area contributed by atoms with Gasteiger partial charge in [-0.2, -0.15) is 0 Å². The zero-order chi connectivity index (χ0) is 13.5. The van der Waals surface area contributed by atoms with Gasteiger partial charge in [-0.1, -0.05) is 0 Å². The summed E-state index contributed by atoms with van der Waals surface area (Å²) >= 11 is 0. The second kappa shape index (κ2) is 4.30. The first-order chi connectivity index (χ1) is 9.05. The molecule has 0 amide bonds. The maximum Gasteiger partial charge on any atom is 0.182 e. The maximum atomic E-state index is 11.5. The van der Waals surface area contributed by atoms with Crippen molar-refractivity contribution < 1.29 is 8.42 Å². The maximum absolute atomic E-state index is 11.5. The zero-order valence-electron chi connectivity index (χ0n) is 10.1. The Morgan fingerprint density at radius 2 is 2.00 bits per heavy atom. The second-order valence-corrected chi connectivity index (χ2v) is 6.85. The molecule has 19 heavy (non-hydrogen) atoms. The smallest absolute Gasteiger partial charge is 0.182 e. The highest BCUT2D eigenvalue weighted by molar-refractivity contribution is 7.91. The Kier molecular flexibility index (Phi) is 2.74. The van der Waals surface area contributed by atoms with E-state index in [2.05, 4.69) is 15.5 Å². The Labute approximate surface area is 110 Å². The first-order valence-electron chi connectivity index (χ1n) is 5.89. The van der Waals surface area contributed by atoms with E-state index in [0.29, 0.717) is 17.9 Å². The molecule has 1 saturated heterocycles. The molecule has 8 heteroatoms. The molecule has 1 aliphatic rings. The van der Waals surface area contributed by atoms with Crippen molar-refractivity contribution in [3.8, 4) is 11.4 Å². The Balaban J connectivity index is 1.97. The lowest BCUT2D eigenvalue weighted by atomic mass is 10.2. The van der Waals surface area contributed by atoms with Gasteiger partial charge in [0.2, 0.25) is 0 Å². The van der Waals surface area contributed by atoms with Crippen LogP contribution < -0.4 is 5.73 Å². The van der Waals surface area contributed by atoms with Crippen LogP contribution in [0.1, 0.15) is 12.5 Å². The van der Waals surface area contributed by atoms with Crippen molar-refractivity contribution in [1.82, 2.24) is 20.2 Å². The minimum Gasteiger partial charge on any atom is -0.399 e. The van der Waals surface area contributed by atoms with E-state index in [0.717, 1.165) is 5.56 Å². The van der Waals surface area contributed by atoms with E-state index in [1.165, 1.54) is 0 Å². The molecule has 0 bridgehead atoms.